The average Bonchev–Trinajstić information content (AvgIpc) is 2.64. The van der Waals surface area contributed by atoms with Crippen molar-refractivity contribution in [1.82, 2.24) is 5.32 Å². The summed E-state index contributed by atoms with van der Waals surface area (Å²) in [7, 11) is 0. The molecule has 0 saturated carbocycles. The number of carbonyl (C=O) groups excluding carboxylic acids is 2. The van der Waals surface area contributed by atoms with Crippen LogP contribution in [0.3, 0.4) is 0 Å². The lowest BCUT2D eigenvalue weighted by atomic mass is 9.76. The van der Waals surface area contributed by atoms with Gasteiger partial charge in [-0.05, 0) is 90.4 Å². The molecule has 1 fully saturated rings. The predicted molar refractivity (Wildman–Crippen MR) is 150 cm³/mol. The van der Waals surface area contributed by atoms with Crippen LogP contribution in [0.1, 0.15) is 140 Å². The molecule has 0 aromatic carbocycles. The van der Waals surface area contributed by atoms with Crippen LogP contribution in [0.25, 0.3) is 0 Å². The van der Waals surface area contributed by atoms with Crippen LogP contribution in [0.15, 0.2) is 0 Å². The van der Waals surface area contributed by atoms with E-state index in [0.717, 1.165) is 64.2 Å². The second-order valence-corrected chi connectivity index (χ2v) is 15.2. The summed E-state index contributed by atoms with van der Waals surface area (Å²) in [5, 5.41) is 3.63. The van der Waals surface area contributed by atoms with Gasteiger partial charge in [-0.2, -0.15) is 0 Å². The summed E-state index contributed by atoms with van der Waals surface area (Å²) in [6.45, 7) is 24.3. The molecule has 0 spiro atoms. The van der Waals surface area contributed by atoms with E-state index >= 15 is 0 Å². The largest absolute Gasteiger partial charge is 0.465 e. The fourth-order valence-corrected chi connectivity index (χ4v) is 5.91. The third kappa shape index (κ3) is 14.6. The van der Waals surface area contributed by atoms with Gasteiger partial charge in [0.1, 0.15) is 0 Å². The van der Waals surface area contributed by atoms with E-state index in [1.54, 1.807) is 0 Å². The molecule has 0 amide bonds. The number of hydrogen-bond acceptors (Lipinski definition) is 5. The van der Waals surface area contributed by atoms with E-state index in [1.807, 2.05) is 6.92 Å². The molecule has 0 aromatic rings. The molecule has 0 radical (unpaired) electrons. The first kappa shape index (κ1) is 32.9. The van der Waals surface area contributed by atoms with Crippen molar-refractivity contribution in [3.8, 4) is 0 Å². The Balaban J connectivity index is 2.23. The summed E-state index contributed by atoms with van der Waals surface area (Å²) < 4.78 is 11.5. The highest BCUT2D eigenvalue weighted by atomic mass is 16.5. The van der Waals surface area contributed by atoms with Crippen molar-refractivity contribution in [1.29, 1.82) is 0 Å². The van der Waals surface area contributed by atoms with Gasteiger partial charge in [-0.15, -0.1) is 0 Å². The van der Waals surface area contributed by atoms with Gasteiger partial charge in [0.05, 0.1) is 24.5 Å². The summed E-state index contributed by atoms with van der Waals surface area (Å²) >= 11 is 0. The third-order valence-corrected chi connectivity index (χ3v) is 6.89. The molecule has 1 atom stereocenters. The van der Waals surface area contributed by atoms with E-state index < -0.39 is 0 Å². The Bertz CT molecular complexity index is 652. The molecule has 36 heavy (non-hydrogen) atoms. The zero-order valence-electron chi connectivity index (χ0n) is 25.6. The van der Waals surface area contributed by atoms with Crippen molar-refractivity contribution in [3.63, 3.8) is 0 Å². The molecule has 5 heteroatoms. The first-order chi connectivity index (χ1) is 16.3. The highest BCUT2D eigenvalue weighted by molar-refractivity contribution is 5.73. The van der Waals surface area contributed by atoms with Gasteiger partial charge in [-0.1, -0.05) is 60.8 Å². The van der Waals surface area contributed by atoms with Gasteiger partial charge >= 0.3 is 11.9 Å². The minimum atomic E-state index is -0.0525. The second kappa shape index (κ2) is 13.6. The lowest BCUT2D eigenvalue weighted by molar-refractivity contribution is -0.157. The van der Waals surface area contributed by atoms with E-state index in [-0.39, 0.29) is 51.8 Å². The van der Waals surface area contributed by atoms with E-state index in [2.05, 4.69) is 74.6 Å². The molecule has 1 rings (SSSR count). The Labute approximate surface area is 223 Å². The monoisotopic (exact) mass is 509 g/mol. The van der Waals surface area contributed by atoms with Crippen LogP contribution in [0.4, 0.5) is 0 Å². The second-order valence-electron chi connectivity index (χ2n) is 15.2. The molecule has 212 valence electrons. The normalized spacial score (nSPS) is 19.2. The fraction of sp³-hybridized carbons (Fsp3) is 0.935. The first-order valence-electron chi connectivity index (χ1n) is 14.5. The van der Waals surface area contributed by atoms with Gasteiger partial charge in [0.15, 0.2) is 0 Å². The van der Waals surface area contributed by atoms with E-state index in [1.165, 1.54) is 0 Å². The van der Waals surface area contributed by atoms with Crippen LogP contribution in [0.2, 0.25) is 0 Å². The van der Waals surface area contributed by atoms with Crippen molar-refractivity contribution >= 4 is 11.9 Å². The molecule has 0 aliphatic carbocycles. The third-order valence-electron chi connectivity index (χ3n) is 6.89. The van der Waals surface area contributed by atoms with Gasteiger partial charge in [0.25, 0.3) is 0 Å². The van der Waals surface area contributed by atoms with Crippen LogP contribution in [0.5, 0.6) is 0 Å². The number of ether oxygens (including phenoxy) is 2. The van der Waals surface area contributed by atoms with Gasteiger partial charge in [-0.3, -0.25) is 9.59 Å². The number of nitrogens with one attached hydrogen (secondary N) is 1. The summed E-state index contributed by atoms with van der Waals surface area (Å²) in [4.78, 5) is 25.5. The first-order valence-corrected chi connectivity index (χ1v) is 14.5. The van der Waals surface area contributed by atoms with Gasteiger partial charge < -0.3 is 14.8 Å². The Hall–Kier alpha value is -1.10. The van der Waals surface area contributed by atoms with Crippen LogP contribution in [-0.4, -0.2) is 35.7 Å². The predicted octanol–water partition coefficient (Wildman–Crippen LogP) is 7.85. The summed E-state index contributed by atoms with van der Waals surface area (Å²) in [6.07, 6.45) is 9.47. The zero-order chi connectivity index (χ0) is 27.8. The molecule has 0 bridgehead atoms. The minimum absolute atomic E-state index is 0.0313. The highest BCUT2D eigenvalue weighted by Gasteiger charge is 2.41. The van der Waals surface area contributed by atoms with Gasteiger partial charge in [-0.25, -0.2) is 0 Å². The average molecular weight is 510 g/mol. The number of esters is 2. The Morgan fingerprint density at radius 3 is 1.81 bits per heavy atom. The molecule has 1 heterocycles. The zero-order valence-corrected chi connectivity index (χ0v) is 25.6. The molecule has 1 saturated heterocycles. The Morgan fingerprint density at radius 1 is 0.833 bits per heavy atom. The molecular formula is C31H59NO4. The van der Waals surface area contributed by atoms with E-state index in [9.17, 15) is 9.59 Å². The van der Waals surface area contributed by atoms with Crippen LogP contribution >= 0.6 is 0 Å². The van der Waals surface area contributed by atoms with Gasteiger partial charge in [0.2, 0.25) is 0 Å². The number of hydrogen-bond donors (Lipinski definition) is 1. The molecular weight excluding hydrogens is 450 g/mol. The maximum Gasteiger partial charge on any atom is 0.309 e. The molecule has 1 aliphatic heterocycles. The standard InChI is InChI=1S/C31H59NO4/c1-23(36-27(34)25-21-30(8,9)32-31(10,11)22-25)17-15-13-12-14-16-18-35-26(33)24(19-28(2,3)4)20-29(5,6)7/h23-25,32H,12-22H2,1-11H3. The Kier molecular flexibility index (Phi) is 12.5. The van der Waals surface area contributed by atoms with Crippen LogP contribution in [0, 0.1) is 22.7 Å². The summed E-state index contributed by atoms with van der Waals surface area (Å²) in [5.41, 5.74) is 0.120. The van der Waals surface area contributed by atoms with Crippen molar-refractivity contribution in [3.05, 3.63) is 0 Å². The van der Waals surface area contributed by atoms with Crippen molar-refractivity contribution < 1.29 is 19.1 Å². The highest BCUT2D eigenvalue weighted by Crippen LogP contribution is 2.35. The Morgan fingerprint density at radius 2 is 1.31 bits per heavy atom. The molecule has 1 aliphatic rings. The van der Waals surface area contributed by atoms with Crippen LogP contribution in [-0.2, 0) is 19.1 Å². The molecule has 5 nitrogen and oxygen atoms in total. The summed E-state index contributed by atoms with van der Waals surface area (Å²) in [6, 6.07) is 0. The number of piperidine rings is 1. The van der Waals surface area contributed by atoms with Crippen molar-refractivity contribution in [2.75, 3.05) is 6.61 Å². The quantitative estimate of drug-likeness (QED) is 0.202. The topological polar surface area (TPSA) is 64.6 Å². The minimum Gasteiger partial charge on any atom is -0.465 e. The lowest BCUT2D eigenvalue weighted by Crippen LogP contribution is -2.59. The lowest BCUT2D eigenvalue weighted by Gasteiger charge is -2.45. The number of unbranched alkanes of at least 4 members (excludes halogenated alkanes) is 4. The van der Waals surface area contributed by atoms with Crippen LogP contribution < -0.4 is 5.32 Å². The maximum atomic E-state index is 12.8. The molecule has 0 aromatic heterocycles. The molecule has 1 unspecified atom stereocenters. The fourth-order valence-electron chi connectivity index (χ4n) is 5.91. The van der Waals surface area contributed by atoms with Crippen molar-refractivity contribution in [2.24, 2.45) is 22.7 Å². The summed E-state index contributed by atoms with van der Waals surface area (Å²) in [5.74, 6) is -0.136. The SMILES string of the molecule is CC(CCCCCCCOC(=O)C(CC(C)(C)C)CC(C)(C)C)OC(=O)C1CC(C)(C)NC(C)(C)C1. The van der Waals surface area contributed by atoms with E-state index in [0.29, 0.717) is 6.61 Å². The smallest absolute Gasteiger partial charge is 0.309 e. The van der Waals surface area contributed by atoms with E-state index in [4.69, 9.17) is 9.47 Å². The van der Waals surface area contributed by atoms with Crippen molar-refractivity contribution in [2.45, 2.75) is 158 Å². The molecule has 1 N–H and O–H groups in total. The maximum absolute atomic E-state index is 12.8. The van der Waals surface area contributed by atoms with Gasteiger partial charge in [0, 0.05) is 11.1 Å². The number of rotatable bonds is 13. The number of carbonyl (C=O) groups is 2.